The summed E-state index contributed by atoms with van der Waals surface area (Å²) in [6.07, 6.45) is 2.45. The Hall–Kier alpha value is -4.20. The molecule has 0 aliphatic carbocycles. The molecule has 4 aromatic rings. The van der Waals surface area contributed by atoms with Crippen molar-refractivity contribution in [2.24, 2.45) is 5.84 Å². The topological polar surface area (TPSA) is 127 Å². The fraction of sp³-hybridized carbons (Fsp3) is 0.455. The summed E-state index contributed by atoms with van der Waals surface area (Å²) in [7, 11) is -1.15. The van der Waals surface area contributed by atoms with E-state index < -0.39 is 8.07 Å². The maximum absolute atomic E-state index is 12.8. The molecule has 12 nitrogen and oxygen atoms in total. The second-order valence-corrected chi connectivity index (χ2v) is 18.9. The van der Waals surface area contributed by atoms with Crippen molar-refractivity contribution in [1.82, 2.24) is 24.6 Å². The van der Waals surface area contributed by atoms with Gasteiger partial charge in [0.25, 0.3) is 0 Å². The number of hydrogen-bond acceptors (Lipinski definition) is 10. The highest BCUT2D eigenvalue weighted by Crippen LogP contribution is 2.36. The monoisotopic (exact) mass is 643 g/mol. The highest BCUT2D eigenvalue weighted by atomic mass is 28.3. The number of nitrogens with two attached hydrogens (primary N) is 1. The molecule has 46 heavy (non-hydrogen) atoms. The number of aryl methyl sites for hydroxylation is 1. The fourth-order valence-electron chi connectivity index (χ4n) is 6.14. The van der Waals surface area contributed by atoms with E-state index in [1.54, 1.807) is 4.90 Å². The Balaban J connectivity index is 1.15. The standard InChI is InChI=1S/C33H45N9O3Si/c1-24-10-11-29-27(20-35-42(29)23-44-18-19-46(2,3)4)30(24)41-13-12-26-28(21-41)36-32(38-34)37-31(26)39-14-16-40(17-15-39)33(43)45-22-25-8-6-5-7-9-25/h5-11,20H,12-19,21-23,34H2,1-4H3,(H,36,37,38). The third-order valence-electron chi connectivity index (χ3n) is 8.74. The van der Waals surface area contributed by atoms with Gasteiger partial charge in [0.1, 0.15) is 19.2 Å². The molecule has 1 amide bonds. The van der Waals surface area contributed by atoms with Gasteiger partial charge in [0.05, 0.1) is 29.6 Å². The van der Waals surface area contributed by atoms with E-state index in [1.165, 1.54) is 11.3 Å². The number of benzene rings is 2. The van der Waals surface area contributed by atoms with Gasteiger partial charge in [0.2, 0.25) is 5.95 Å². The van der Waals surface area contributed by atoms with Crippen molar-refractivity contribution in [1.29, 1.82) is 0 Å². The van der Waals surface area contributed by atoms with Gasteiger partial charge in [-0.05, 0) is 36.6 Å². The summed E-state index contributed by atoms with van der Waals surface area (Å²) in [5.74, 6) is 7.12. The number of nitrogens with one attached hydrogen (secondary N) is 1. The van der Waals surface area contributed by atoms with Gasteiger partial charge in [-0.25, -0.2) is 20.3 Å². The molecule has 2 aromatic heterocycles. The molecule has 0 saturated carbocycles. The van der Waals surface area contributed by atoms with Crippen LogP contribution >= 0.6 is 0 Å². The first-order valence-corrected chi connectivity index (χ1v) is 19.8. The minimum atomic E-state index is -1.15. The molecule has 2 aliphatic rings. The average Bonchev–Trinajstić information content (AvgIpc) is 3.47. The number of hydrogen-bond donors (Lipinski definition) is 2. The number of fused-ring (bicyclic) bond motifs is 2. The molecule has 13 heteroatoms. The third-order valence-corrected chi connectivity index (χ3v) is 10.4. The molecule has 0 bridgehead atoms. The minimum Gasteiger partial charge on any atom is -0.445 e. The second-order valence-electron chi connectivity index (χ2n) is 13.3. The lowest BCUT2D eigenvalue weighted by molar-refractivity contribution is 0.0817. The number of anilines is 3. The quantitative estimate of drug-likeness (QED) is 0.108. The van der Waals surface area contributed by atoms with Gasteiger partial charge in [0, 0.05) is 58.4 Å². The van der Waals surface area contributed by atoms with Crippen molar-refractivity contribution in [3.63, 3.8) is 0 Å². The smallest absolute Gasteiger partial charge is 0.410 e. The molecule has 6 rings (SSSR count). The van der Waals surface area contributed by atoms with Crippen LogP contribution < -0.4 is 21.1 Å². The summed E-state index contributed by atoms with van der Waals surface area (Å²) in [5, 5.41) is 5.81. The normalized spacial score (nSPS) is 15.3. The van der Waals surface area contributed by atoms with Crippen LogP contribution in [0.25, 0.3) is 10.9 Å². The Morgan fingerprint density at radius 1 is 1.00 bits per heavy atom. The molecular weight excluding hydrogens is 599 g/mol. The number of aromatic nitrogens is 4. The zero-order chi connectivity index (χ0) is 32.3. The van der Waals surface area contributed by atoms with Crippen LogP contribution in [0.5, 0.6) is 0 Å². The average molecular weight is 644 g/mol. The van der Waals surface area contributed by atoms with Crippen LogP contribution in [-0.4, -0.2) is 78.1 Å². The summed E-state index contributed by atoms with van der Waals surface area (Å²) in [6, 6.07) is 15.2. The molecule has 0 unspecified atom stereocenters. The van der Waals surface area contributed by atoms with Gasteiger partial charge >= 0.3 is 6.09 Å². The highest BCUT2D eigenvalue weighted by molar-refractivity contribution is 6.76. The number of hydrazine groups is 1. The number of piperazine rings is 1. The van der Waals surface area contributed by atoms with E-state index in [9.17, 15) is 4.79 Å². The van der Waals surface area contributed by atoms with Gasteiger partial charge in [-0.15, -0.1) is 0 Å². The Morgan fingerprint density at radius 2 is 1.78 bits per heavy atom. The maximum atomic E-state index is 12.8. The molecule has 0 spiro atoms. The van der Waals surface area contributed by atoms with Gasteiger partial charge in [0.15, 0.2) is 0 Å². The molecule has 1 fully saturated rings. The van der Waals surface area contributed by atoms with Crippen molar-refractivity contribution in [2.75, 3.05) is 54.6 Å². The summed E-state index contributed by atoms with van der Waals surface area (Å²) < 4.78 is 13.5. The first-order chi connectivity index (χ1) is 22.2. The molecule has 244 valence electrons. The van der Waals surface area contributed by atoms with Crippen LogP contribution in [0.2, 0.25) is 25.7 Å². The van der Waals surface area contributed by atoms with Crippen molar-refractivity contribution >= 4 is 42.5 Å². The Kier molecular flexibility index (Phi) is 9.43. The third kappa shape index (κ3) is 7.11. The SMILES string of the molecule is Cc1ccc2c(cnn2COCC[Si](C)(C)C)c1N1CCc2c(nc(NN)nc2N2CCN(C(=O)OCc3ccccc3)CC2)C1. The van der Waals surface area contributed by atoms with Crippen LogP contribution in [0.4, 0.5) is 22.2 Å². The van der Waals surface area contributed by atoms with Gasteiger partial charge in [-0.3, -0.25) is 5.43 Å². The zero-order valence-corrected chi connectivity index (χ0v) is 28.3. The zero-order valence-electron chi connectivity index (χ0n) is 27.3. The number of carbonyl (C=O) groups is 1. The van der Waals surface area contributed by atoms with Crippen LogP contribution in [-0.2, 0) is 35.8 Å². The van der Waals surface area contributed by atoms with Gasteiger partial charge in [-0.1, -0.05) is 56.0 Å². The van der Waals surface area contributed by atoms with E-state index in [1.807, 2.05) is 41.2 Å². The number of amides is 1. The van der Waals surface area contributed by atoms with Crippen LogP contribution in [0.15, 0.2) is 48.7 Å². The van der Waals surface area contributed by atoms with Crippen molar-refractivity contribution in [3.05, 3.63) is 71.0 Å². The first kappa shape index (κ1) is 31.8. The maximum Gasteiger partial charge on any atom is 0.410 e. The summed E-state index contributed by atoms with van der Waals surface area (Å²) in [4.78, 5) is 28.7. The number of nitrogens with zero attached hydrogens (tertiary/aromatic N) is 7. The van der Waals surface area contributed by atoms with Crippen LogP contribution in [0.1, 0.15) is 22.4 Å². The lowest BCUT2D eigenvalue weighted by Crippen LogP contribution is -2.49. The number of carbonyl (C=O) groups excluding carboxylic acids is 1. The lowest BCUT2D eigenvalue weighted by Gasteiger charge is -2.38. The predicted octanol–water partition coefficient (Wildman–Crippen LogP) is 4.75. The summed E-state index contributed by atoms with van der Waals surface area (Å²) in [6.45, 7) is 14.5. The molecule has 1 saturated heterocycles. The number of ether oxygens (including phenoxy) is 2. The largest absolute Gasteiger partial charge is 0.445 e. The Morgan fingerprint density at radius 3 is 2.52 bits per heavy atom. The molecule has 2 aromatic carbocycles. The predicted molar refractivity (Wildman–Crippen MR) is 184 cm³/mol. The van der Waals surface area contributed by atoms with Crippen LogP contribution in [0.3, 0.4) is 0 Å². The van der Waals surface area contributed by atoms with Crippen molar-refractivity contribution in [3.8, 4) is 0 Å². The molecule has 2 aliphatic heterocycles. The molecule has 3 N–H and O–H groups in total. The van der Waals surface area contributed by atoms with E-state index in [2.05, 4.69) is 53.9 Å². The molecular formula is C33H45N9O3Si. The Bertz CT molecular complexity index is 1670. The Labute approximate surface area is 271 Å². The number of rotatable bonds is 10. The lowest BCUT2D eigenvalue weighted by atomic mass is 10.0. The molecule has 0 atom stereocenters. The van der Waals surface area contributed by atoms with Crippen molar-refractivity contribution < 1.29 is 14.3 Å². The summed E-state index contributed by atoms with van der Waals surface area (Å²) in [5.41, 5.74) is 9.15. The fourth-order valence-corrected chi connectivity index (χ4v) is 6.90. The minimum absolute atomic E-state index is 0.266. The van der Waals surface area contributed by atoms with Crippen molar-refractivity contribution in [2.45, 2.75) is 58.9 Å². The summed E-state index contributed by atoms with van der Waals surface area (Å²) >= 11 is 0. The second kappa shape index (κ2) is 13.7. The van der Waals surface area contributed by atoms with Gasteiger partial charge in [-0.2, -0.15) is 10.1 Å². The highest BCUT2D eigenvalue weighted by Gasteiger charge is 2.30. The molecule has 4 heterocycles. The van der Waals surface area contributed by atoms with Gasteiger partial charge < -0.3 is 24.2 Å². The first-order valence-electron chi connectivity index (χ1n) is 16.0. The van der Waals surface area contributed by atoms with E-state index in [0.717, 1.165) is 59.2 Å². The molecule has 0 radical (unpaired) electrons. The van der Waals surface area contributed by atoms with E-state index in [0.29, 0.717) is 45.4 Å². The van der Waals surface area contributed by atoms with E-state index in [-0.39, 0.29) is 12.7 Å². The number of nitrogen functional groups attached to an aromatic ring is 1. The van der Waals surface area contributed by atoms with E-state index in [4.69, 9.17) is 30.4 Å². The van der Waals surface area contributed by atoms with E-state index >= 15 is 0 Å². The van der Waals surface area contributed by atoms with Crippen LogP contribution in [0, 0.1) is 6.92 Å².